The first kappa shape index (κ1) is 23.8. The van der Waals surface area contributed by atoms with E-state index in [1.807, 2.05) is 54.6 Å². The molecule has 0 N–H and O–H groups in total. The summed E-state index contributed by atoms with van der Waals surface area (Å²) in [5.74, 6) is 2.10. The third-order valence-corrected chi connectivity index (χ3v) is 6.83. The minimum Gasteiger partial charge on any atom is -0.497 e. The molecule has 9 heteroatoms. The van der Waals surface area contributed by atoms with E-state index in [2.05, 4.69) is 29.1 Å². The minimum atomic E-state index is -0.346. The van der Waals surface area contributed by atoms with E-state index in [9.17, 15) is 4.79 Å². The van der Waals surface area contributed by atoms with Crippen LogP contribution in [0.1, 0.15) is 55.1 Å². The molecule has 0 fully saturated rings. The number of carbonyl (C=O) groups excluding carboxylic acids is 1. The molecule has 0 spiro atoms. The van der Waals surface area contributed by atoms with Gasteiger partial charge in [-0.3, -0.25) is 4.79 Å². The summed E-state index contributed by atoms with van der Waals surface area (Å²) in [5.41, 5.74) is 3.67. The summed E-state index contributed by atoms with van der Waals surface area (Å²) in [7, 11) is 1.62. The van der Waals surface area contributed by atoms with Gasteiger partial charge in [-0.15, -0.1) is 5.10 Å². The van der Waals surface area contributed by atoms with Crippen LogP contribution < -0.4 is 9.47 Å². The smallest absolute Gasteiger partial charge is 0.228 e. The number of rotatable bonds is 6. The first-order chi connectivity index (χ1) is 18.4. The fourth-order valence-corrected chi connectivity index (χ4v) is 5.11. The summed E-state index contributed by atoms with van der Waals surface area (Å²) in [6.45, 7) is 4.24. The molecule has 1 unspecified atom stereocenters. The normalized spacial score (nSPS) is 18.3. The van der Waals surface area contributed by atoms with Gasteiger partial charge in [-0.1, -0.05) is 49.3 Å². The molecule has 2 aromatic heterocycles. The first-order valence-corrected chi connectivity index (χ1v) is 12.4. The molecule has 0 saturated heterocycles. The van der Waals surface area contributed by atoms with E-state index in [-0.39, 0.29) is 23.7 Å². The highest BCUT2D eigenvalue weighted by atomic mass is 16.6. The quantitative estimate of drug-likeness (QED) is 0.271. The zero-order chi connectivity index (χ0) is 26.3. The highest BCUT2D eigenvalue weighted by molar-refractivity contribution is 6.00. The van der Waals surface area contributed by atoms with Crippen LogP contribution in [-0.4, -0.2) is 38.7 Å². The summed E-state index contributed by atoms with van der Waals surface area (Å²) in [6, 6.07) is 17.4. The van der Waals surface area contributed by atoms with Gasteiger partial charge in [0.25, 0.3) is 0 Å². The molecule has 0 radical (unpaired) electrons. The van der Waals surface area contributed by atoms with Gasteiger partial charge in [-0.05, 0) is 40.8 Å². The van der Waals surface area contributed by atoms with E-state index in [1.54, 1.807) is 24.2 Å². The maximum absolute atomic E-state index is 13.5. The van der Waals surface area contributed by atoms with Crippen molar-refractivity contribution in [3.63, 3.8) is 0 Å². The van der Waals surface area contributed by atoms with E-state index in [0.717, 1.165) is 22.4 Å². The second-order valence-electron chi connectivity index (χ2n) is 10.3. The fraction of sp³-hybridized carbons (Fsp3) is 0.276. The van der Waals surface area contributed by atoms with Crippen molar-refractivity contribution in [2.24, 2.45) is 10.6 Å². The first-order valence-electron chi connectivity index (χ1n) is 12.4. The highest BCUT2D eigenvalue weighted by Crippen LogP contribution is 2.50. The minimum absolute atomic E-state index is 0.0705. The molecular formula is C29H27N5O4. The summed E-state index contributed by atoms with van der Waals surface area (Å²) in [6.07, 6.45) is 4.32. The lowest BCUT2D eigenvalue weighted by Gasteiger charge is -2.37. The van der Waals surface area contributed by atoms with Crippen LogP contribution in [0.15, 0.2) is 77.4 Å². The highest BCUT2D eigenvalue weighted by Gasteiger charge is 2.43. The van der Waals surface area contributed by atoms with Crippen LogP contribution in [0.2, 0.25) is 0 Å². The molecule has 1 aliphatic heterocycles. The van der Waals surface area contributed by atoms with Gasteiger partial charge in [-0.25, -0.2) is 14.5 Å². The Morgan fingerprint density at radius 2 is 1.92 bits per heavy atom. The second kappa shape index (κ2) is 9.41. The number of Topliss-reactive ketones (excluding diaryl/α,β-unsaturated/α-hetero) is 1. The van der Waals surface area contributed by atoms with Crippen LogP contribution in [0.25, 0.3) is 5.65 Å². The van der Waals surface area contributed by atoms with E-state index < -0.39 is 0 Å². The van der Waals surface area contributed by atoms with Crippen molar-refractivity contribution >= 4 is 17.6 Å². The van der Waals surface area contributed by atoms with Crippen molar-refractivity contribution in [3.05, 3.63) is 94.8 Å². The molecule has 3 heterocycles. The van der Waals surface area contributed by atoms with Gasteiger partial charge in [-0.2, -0.15) is 0 Å². The molecule has 192 valence electrons. The third kappa shape index (κ3) is 4.40. The Morgan fingerprint density at radius 3 is 2.68 bits per heavy atom. The number of hydrogen-bond donors (Lipinski definition) is 0. The Labute approximate surface area is 219 Å². The molecule has 1 atom stereocenters. The van der Waals surface area contributed by atoms with Crippen molar-refractivity contribution < 1.29 is 19.1 Å². The molecule has 9 nitrogen and oxygen atoms in total. The lowest BCUT2D eigenvalue weighted by atomic mass is 9.70. The average Bonchev–Trinajstić information content (AvgIpc) is 3.33. The van der Waals surface area contributed by atoms with Crippen LogP contribution >= 0.6 is 0 Å². The van der Waals surface area contributed by atoms with Gasteiger partial charge in [0.05, 0.1) is 18.9 Å². The molecule has 2 aliphatic rings. The van der Waals surface area contributed by atoms with Gasteiger partial charge in [0.2, 0.25) is 5.88 Å². The van der Waals surface area contributed by atoms with Gasteiger partial charge >= 0.3 is 0 Å². The van der Waals surface area contributed by atoms with Crippen LogP contribution in [-0.2, 0) is 16.2 Å². The molecule has 6 rings (SSSR count). The SMILES string of the molecule is COc1ccc(/C=N/OCc2nc3c4c(ncn3n2)OC2=C(C(=O)CC(C)(C)C2)C4c2ccccc2)cc1. The molecule has 38 heavy (non-hydrogen) atoms. The summed E-state index contributed by atoms with van der Waals surface area (Å²) in [4.78, 5) is 28.2. The van der Waals surface area contributed by atoms with Crippen molar-refractivity contribution in [3.8, 4) is 11.6 Å². The summed E-state index contributed by atoms with van der Waals surface area (Å²) < 4.78 is 13.1. The Morgan fingerprint density at radius 1 is 1.13 bits per heavy atom. The number of ketones is 1. The Kier molecular flexibility index (Phi) is 5.90. The number of hydrogen-bond acceptors (Lipinski definition) is 8. The monoisotopic (exact) mass is 509 g/mol. The third-order valence-electron chi connectivity index (χ3n) is 6.83. The molecule has 0 bridgehead atoms. The largest absolute Gasteiger partial charge is 0.497 e. The van der Waals surface area contributed by atoms with Crippen molar-refractivity contribution in [1.29, 1.82) is 0 Å². The number of oxime groups is 1. The molecule has 0 saturated carbocycles. The number of aromatic nitrogens is 4. The molecule has 4 aromatic rings. The number of nitrogens with zero attached hydrogens (tertiary/aromatic N) is 5. The zero-order valence-electron chi connectivity index (χ0n) is 21.4. The maximum atomic E-state index is 13.5. The van der Waals surface area contributed by atoms with Crippen LogP contribution in [0.3, 0.4) is 0 Å². The second-order valence-corrected chi connectivity index (χ2v) is 10.3. The van der Waals surface area contributed by atoms with E-state index in [4.69, 9.17) is 19.3 Å². The number of benzene rings is 2. The summed E-state index contributed by atoms with van der Waals surface area (Å²) in [5, 5.41) is 8.58. The lowest BCUT2D eigenvalue weighted by Crippen LogP contribution is -2.33. The van der Waals surface area contributed by atoms with Gasteiger partial charge in [0, 0.05) is 24.3 Å². The van der Waals surface area contributed by atoms with Crippen LogP contribution in [0, 0.1) is 5.41 Å². The molecule has 2 aromatic carbocycles. The average molecular weight is 510 g/mol. The Hall–Kier alpha value is -4.53. The number of methoxy groups -OCH3 is 1. The fourth-order valence-electron chi connectivity index (χ4n) is 5.11. The van der Waals surface area contributed by atoms with Gasteiger partial charge in [0.1, 0.15) is 17.8 Å². The van der Waals surface area contributed by atoms with Gasteiger partial charge < -0.3 is 14.3 Å². The van der Waals surface area contributed by atoms with Crippen LogP contribution in [0.5, 0.6) is 11.6 Å². The number of fused-ring (bicyclic) bond motifs is 3. The zero-order valence-corrected chi connectivity index (χ0v) is 21.4. The number of carbonyl (C=O) groups is 1. The van der Waals surface area contributed by atoms with E-state index >= 15 is 0 Å². The van der Waals surface area contributed by atoms with Crippen molar-refractivity contribution in [2.45, 2.75) is 39.2 Å². The standard InChI is InChI=1S/C29H27N5O4/c1-29(2)13-21(35)25-22(14-29)38-28-26(24(25)19-7-5-4-6-8-19)27-32-23(33-34(27)17-30-28)16-37-31-15-18-9-11-20(36-3)12-10-18/h4-12,15,17,24H,13-14,16H2,1-3H3/b31-15+. The molecular weight excluding hydrogens is 482 g/mol. The van der Waals surface area contributed by atoms with Crippen molar-refractivity contribution in [2.75, 3.05) is 7.11 Å². The Bertz CT molecular complexity index is 1570. The van der Waals surface area contributed by atoms with Crippen molar-refractivity contribution in [1.82, 2.24) is 19.6 Å². The lowest BCUT2D eigenvalue weighted by molar-refractivity contribution is -0.118. The van der Waals surface area contributed by atoms with E-state index in [0.29, 0.717) is 41.5 Å². The number of allylic oxidation sites excluding steroid dienone is 2. The van der Waals surface area contributed by atoms with E-state index in [1.165, 1.54) is 0 Å². The maximum Gasteiger partial charge on any atom is 0.228 e. The summed E-state index contributed by atoms with van der Waals surface area (Å²) >= 11 is 0. The predicted octanol–water partition coefficient (Wildman–Crippen LogP) is 4.85. The Balaban J connectivity index is 1.33. The van der Waals surface area contributed by atoms with Gasteiger partial charge in [0.15, 0.2) is 23.9 Å². The number of ether oxygens (including phenoxy) is 2. The van der Waals surface area contributed by atoms with Crippen LogP contribution in [0.4, 0.5) is 0 Å². The predicted molar refractivity (Wildman–Crippen MR) is 140 cm³/mol. The topological polar surface area (TPSA) is 100 Å². The molecule has 1 aliphatic carbocycles. The molecule has 0 amide bonds.